The Labute approximate surface area is 191 Å². The number of aryl methyl sites for hydroxylation is 1. The molecule has 1 heterocycles. The summed E-state index contributed by atoms with van der Waals surface area (Å²) in [6.45, 7) is 1.26. The number of carbonyl (C=O) groups excluding carboxylic acids is 1. The van der Waals surface area contributed by atoms with E-state index in [1.807, 2.05) is 37.3 Å². The molecule has 0 radical (unpaired) electrons. The fourth-order valence-corrected chi connectivity index (χ4v) is 3.30. The van der Waals surface area contributed by atoms with E-state index in [1.165, 1.54) is 14.2 Å². The van der Waals surface area contributed by atoms with E-state index in [-0.39, 0.29) is 24.0 Å². The van der Waals surface area contributed by atoms with Gasteiger partial charge in [0.1, 0.15) is 11.3 Å². The number of hydrogen-bond donors (Lipinski definition) is 1. The summed E-state index contributed by atoms with van der Waals surface area (Å²) in [6, 6.07) is 7.47. The van der Waals surface area contributed by atoms with Gasteiger partial charge in [0.15, 0.2) is 5.96 Å². The maximum atomic E-state index is 11.8. The molecule has 2 rings (SSSR count). The third kappa shape index (κ3) is 6.13. The Morgan fingerprint density at radius 3 is 2.57 bits per heavy atom. The van der Waals surface area contributed by atoms with Gasteiger partial charge in [-0.05, 0) is 39.7 Å². The second kappa shape index (κ2) is 11.3. The van der Waals surface area contributed by atoms with Gasteiger partial charge >= 0.3 is 5.97 Å². The highest BCUT2D eigenvalue weighted by Crippen LogP contribution is 2.21. The fraction of sp³-hybridized carbons (Fsp3) is 0.368. The van der Waals surface area contributed by atoms with Gasteiger partial charge in [-0.25, -0.2) is 4.79 Å². The standard InChI is InChI=1S/C19H25BrN4O3.HI/c1-21-19(24(3)12-15-9-14(20)11-23(15)2)22-10-13-6-7-16(18(25)27-5)17(8-13)26-4;/h6-9,11H,10,12H2,1-5H3,(H,21,22);1H. The van der Waals surface area contributed by atoms with Crippen LogP contribution in [0.25, 0.3) is 0 Å². The number of benzene rings is 1. The average molecular weight is 565 g/mol. The number of nitrogens with zero attached hydrogens (tertiary/aromatic N) is 3. The van der Waals surface area contributed by atoms with E-state index in [2.05, 4.69) is 36.9 Å². The molecule has 2 aromatic rings. The Bertz CT molecular complexity index is 839. The van der Waals surface area contributed by atoms with E-state index >= 15 is 0 Å². The molecular formula is C19H26BrIN4O3. The summed E-state index contributed by atoms with van der Waals surface area (Å²) in [5.41, 5.74) is 2.53. The molecule has 0 spiro atoms. The minimum Gasteiger partial charge on any atom is -0.496 e. The molecule has 9 heteroatoms. The summed E-state index contributed by atoms with van der Waals surface area (Å²) in [7, 11) is 8.63. The molecule has 0 bridgehead atoms. The van der Waals surface area contributed by atoms with Gasteiger partial charge in [0.2, 0.25) is 0 Å². The van der Waals surface area contributed by atoms with E-state index in [1.54, 1.807) is 13.1 Å². The van der Waals surface area contributed by atoms with Gasteiger partial charge in [0.25, 0.3) is 0 Å². The van der Waals surface area contributed by atoms with Crippen molar-refractivity contribution in [3.63, 3.8) is 0 Å². The topological polar surface area (TPSA) is 68.1 Å². The monoisotopic (exact) mass is 564 g/mol. The van der Waals surface area contributed by atoms with Crippen molar-refractivity contribution in [3.05, 3.63) is 51.8 Å². The number of carbonyl (C=O) groups is 1. The van der Waals surface area contributed by atoms with Gasteiger partial charge in [0.05, 0.1) is 20.8 Å². The number of aliphatic imine (C=N–C) groups is 1. The number of rotatable bonds is 6. The van der Waals surface area contributed by atoms with Crippen molar-refractivity contribution in [2.24, 2.45) is 12.0 Å². The number of halogens is 2. The lowest BCUT2D eigenvalue weighted by Crippen LogP contribution is -2.38. The van der Waals surface area contributed by atoms with Gasteiger partial charge in [0, 0.05) is 44.1 Å². The highest BCUT2D eigenvalue weighted by molar-refractivity contribution is 14.0. The zero-order valence-corrected chi connectivity index (χ0v) is 20.6. The predicted octanol–water partition coefficient (Wildman–Crippen LogP) is 3.41. The van der Waals surface area contributed by atoms with E-state index in [9.17, 15) is 4.79 Å². The molecule has 7 nitrogen and oxygen atoms in total. The van der Waals surface area contributed by atoms with Gasteiger partial charge in [-0.15, -0.1) is 24.0 Å². The Kier molecular flexibility index (Phi) is 9.80. The van der Waals surface area contributed by atoms with E-state index in [4.69, 9.17) is 9.47 Å². The zero-order valence-electron chi connectivity index (χ0n) is 16.7. The molecule has 0 saturated heterocycles. The summed E-state index contributed by atoms with van der Waals surface area (Å²) >= 11 is 3.49. The molecular weight excluding hydrogens is 539 g/mol. The van der Waals surface area contributed by atoms with Crippen LogP contribution in [0.1, 0.15) is 21.6 Å². The maximum absolute atomic E-state index is 11.8. The molecule has 0 aliphatic carbocycles. The number of guanidine groups is 1. The average Bonchev–Trinajstić information content (AvgIpc) is 2.98. The molecule has 0 atom stereocenters. The predicted molar refractivity (Wildman–Crippen MR) is 125 cm³/mol. The van der Waals surface area contributed by atoms with Crippen LogP contribution in [0, 0.1) is 0 Å². The van der Waals surface area contributed by atoms with Gasteiger partial charge in [-0.1, -0.05) is 6.07 Å². The molecule has 0 fully saturated rings. The first-order valence-electron chi connectivity index (χ1n) is 8.37. The number of methoxy groups -OCH3 is 2. The van der Waals surface area contributed by atoms with Crippen molar-refractivity contribution in [3.8, 4) is 5.75 Å². The van der Waals surface area contributed by atoms with Crippen LogP contribution in [0.15, 0.2) is 39.9 Å². The SMILES string of the molecule is CN=C(NCc1ccc(C(=O)OC)c(OC)c1)N(C)Cc1cc(Br)cn1C.I. The van der Waals surface area contributed by atoms with Crippen LogP contribution in [0.5, 0.6) is 5.75 Å². The lowest BCUT2D eigenvalue weighted by atomic mass is 10.1. The van der Waals surface area contributed by atoms with Crippen LogP contribution in [0.2, 0.25) is 0 Å². The van der Waals surface area contributed by atoms with Crippen LogP contribution < -0.4 is 10.1 Å². The van der Waals surface area contributed by atoms with Gasteiger partial charge in [-0.2, -0.15) is 0 Å². The zero-order chi connectivity index (χ0) is 20.0. The third-order valence-corrected chi connectivity index (χ3v) is 4.60. The molecule has 28 heavy (non-hydrogen) atoms. The van der Waals surface area contributed by atoms with Crippen LogP contribution >= 0.6 is 39.9 Å². The first-order valence-corrected chi connectivity index (χ1v) is 9.16. The summed E-state index contributed by atoms with van der Waals surface area (Å²) < 4.78 is 13.2. The lowest BCUT2D eigenvalue weighted by Gasteiger charge is -2.22. The number of esters is 1. The summed E-state index contributed by atoms with van der Waals surface area (Å²) in [4.78, 5) is 18.1. The van der Waals surface area contributed by atoms with Gasteiger partial charge < -0.3 is 24.3 Å². The van der Waals surface area contributed by atoms with Crippen molar-refractivity contribution < 1.29 is 14.3 Å². The molecule has 1 aromatic heterocycles. The first-order chi connectivity index (χ1) is 12.9. The highest BCUT2D eigenvalue weighted by atomic mass is 127. The molecule has 0 amide bonds. The van der Waals surface area contributed by atoms with Crippen LogP contribution in [-0.2, 0) is 24.9 Å². The second-order valence-electron chi connectivity index (χ2n) is 6.04. The Hall–Kier alpha value is -1.75. The van der Waals surface area contributed by atoms with Crippen molar-refractivity contribution in [2.45, 2.75) is 13.1 Å². The number of aromatic nitrogens is 1. The number of nitrogens with one attached hydrogen (secondary N) is 1. The Balaban J connectivity index is 0.00000392. The lowest BCUT2D eigenvalue weighted by molar-refractivity contribution is 0.0597. The van der Waals surface area contributed by atoms with Crippen LogP contribution in [0.4, 0.5) is 0 Å². The Morgan fingerprint density at radius 2 is 2.04 bits per heavy atom. The van der Waals surface area contributed by atoms with Crippen molar-refractivity contribution in [2.75, 3.05) is 28.3 Å². The van der Waals surface area contributed by atoms with E-state index in [0.717, 1.165) is 21.7 Å². The van der Waals surface area contributed by atoms with Crippen molar-refractivity contribution in [1.29, 1.82) is 0 Å². The summed E-state index contributed by atoms with van der Waals surface area (Å²) in [5.74, 6) is 0.831. The summed E-state index contributed by atoms with van der Waals surface area (Å²) in [6.07, 6.45) is 2.02. The molecule has 0 saturated carbocycles. The van der Waals surface area contributed by atoms with Crippen LogP contribution in [-0.4, -0.2) is 49.7 Å². The Morgan fingerprint density at radius 1 is 1.32 bits per heavy atom. The molecule has 0 aliphatic rings. The second-order valence-corrected chi connectivity index (χ2v) is 6.96. The van der Waals surface area contributed by atoms with Crippen LogP contribution in [0.3, 0.4) is 0 Å². The van der Waals surface area contributed by atoms with Crippen molar-refractivity contribution in [1.82, 2.24) is 14.8 Å². The molecule has 1 aromatic carbocycles. The minimum absolute atomic E-state index is 0. The van der Waals surface area contributed by atoms with E-state index in [0.29, 0.717) is 24.4 Å². The quantitative estimate of drug-likeness (QED) is 0.252. The normalized spacial score (nSPS) is 10.9. The van der Waals surface area contributed by atoms with Crippen molar-refractivity contribution >= 4 is 51.8 Å². The molecule has 0 aliphatic heterocycles. The largest absolute Gasteiger partial charge is 0.496 e. The smallest absolute Gasteiger partial charge is 0.341 e. The van der Waals surface area contributed by atoms with Gasteiger partial charge in [-0.3, -0.25) is 4.99 Å². The maximum Gasteiger partial charge on any atom is 0.341 e. The highest BCUT2D eigenvalue weighted by Gasteiger charge is 2.14. The number of ether oxygens (including phenoxy) is 2. The summed E-state index contributed by atoms with van der Waals surface area (Å²) in [5, 5.41) is 3.33. The third-order valence-electron chi connectivity index (χ3n) is 4.17. The van der Waals surface area contributed by atoms with E-state index < -0.39 is 5.97 Å². The molecule has 0 unspecified atom stereocenters. The molecule has 1 N–H and O–H groups in total. The number of hydrogen-bond acceptors (Lipinski definition) is 4. The minimum atomic E-state index is -0.421. The fourth-order valence-electron chi connectivity index (χ4n) is 2.73. The first kappa shape index (κ1) is 24.3. The molecule has 154 valence electrons.